The van der Waals surface area contributed by atoms with Gasteiger partial charge in [0.15, 0.2) is 22.5 Å². The van der Waals surface area contributed by atoms with Gasteiger partial charge in [-0.1, -0.05) is 30.3 Å². The van der Waals surface area contributed by atoms with Gasteiger partial charge in [-0.05, 0) is 75.8 Å². The molecule has 1 aromatic carbocycles. The zero-order valence-corrected chi connectivity index (χ0v) is 23.0. The molecule has 0 radical (unpaired) electrons. The van der Waals surface area contributed by atoms with E-state index in [4.69, 9.17) is 9.47 Å². The van der Waals surface area contributed by atoms with Crippen molar-refractivity contribution in [2.75, 3.05) is 25.4 Å². The number of hydrogen-bond donors (Lipinski definition) is 0. The van der Waals surface area contributed by atoms with Gasteiger partial charge in [0, 0.05) is 19.1 Å². The Morgan fingerprint density at radius 3 is 2.61 bits per heavy atom. The minimum Gasteiger partial charge on any atom is -0.483 e. The van der Waals surface area contributed by atoms with Crippen LogP contribution in [0.3, 0.4) is 0 Å². The van der Waals surface area contributed by atoms with Gasteiger partial charge in [0.2, 0.25) is 5.91 Å². The molecule has 5 rings (SSSR count). The molecule has 2 heterocycles. The molecule has 8 nitrogen and oxygen atoms in total. The Balaban J connectivity index is 1.25. The Bertz CT molecular complexity index is 1140. The number of halogens is 1. The summed E-state index contributed by atoms with van der Waals surface area (Å²) >= 11 is 1.39. The minimum atomic E-state index is -0.411. The van der Waals surface area contributed by atoms with Crippen LogP contribution in [0.4, 0.5) is 4.39 Å². The number of likely N-dealkylation sites (tertiary alicyclic amines) is 1. The highest BCUT2D eigenvalue weighted by Crippen LogP contribution is 2.52. The molecule has 2 saturated carbocycles. The summed E-state index contributed by atoms with van der Waals surface area (Å²) in [4.78, 5) is 26.9. The third-order valence-electron chi connectivity index (χ3n) is 8.54. The first-order valence-electron chi connectivity index (χ1n) is 13.8. The second-order valence-electron chi connectivity index (χ2n) is 10.8. The van der Waals surface area contributed by atoms with E-state index in [1.165, 1.54) is 43.5 Å². The first-order valence-corrected chi connectivity index (χ1v) is 14.8. The van der Waals surface area contributed by atoms with Gasteiger partial charge in [0.25, 0.3) is 0 Å². The van der Waals surface area contributed by atoms with Gasteiger partial charge in [0.1, 0.15) is 6.61 Å². The number of nitrogens with zero attached hydrogens (tertiary/aromatic N) is 4. The van der Waals surface area contributed by atoms with E-state index in [-0.39, 0.29) is 41.9 Å². The Morgan fingerprint density at radius 1 is 1.13 bits per heavy atom. The van der Waals surface area contributed by atoms with Crippen molar-refractivity contribution in [2.45, 2.75) is 70.2 Å². The van der Waals surface area contributed by atoms with E-state index in [0.29, 0.717) is 55.4 Å². The summed E-state index contributed by atoms with van der Waals surface area (Å²) in [5, 5.41) is 9.57. The number of carbonyl (C=O) groups excluding carboxylic acids is 2. The second kappa shape index (κ2) is 12.1. The quantitative estimate of drug-likeness (QED) is 0.311. The molecule has 0 spiro atoms. The topological polar surface area (TPSA) is 86.6 Å². The van der Waals surface area contributed by atoms with Crippen molar-refractivity contribution in [1.82, 2.24) is 19.7 Å². The fourth-order valence-electron chi connectivity index (χ4n) is 6.54. The van der Waals surface area contributed by atoms with E-state index in [1.807, 2.05) is 11.8 Å². The fourth-order valence-corrected chi connectivity index (χ4v) is 7.48. The molecule has 1 amide bonds. The summed E-state index contributed by atoms with van der Waals surface area (Å²) in [5.74, 6) is 2.45. The number of rotatable bonds is 10. The summed E-state index contributed by atoms with van der Waals surface area (Å²) in [6, 6.07) is 6.52. The number of ether oxygens (including phenoxy) is 2. The van der Waals surface area contributed by atoms with Crippen LogP contribution in [0.25, 0.3) is 0 Å². The van der Waals surface area contributed by atoms with E-state index in [1.54, 1.807) is 18.2 Å². The van der Waals surface area contributed by atoms with Crippen molar-refractivity contribution in [3.8, 4) is 5.75 Å². The van der Waals surface area contributed by atoms with E-state index in [0.717, 1.165) is 5.92 Å². The van der Waals surface area contributed by atoms with Crippen LogP contribution in [0, 0.1) is 29.5 Å². The van der Waals surface area contributed by atoms with E-state index in [2.05, 4.69) is 21.7 Å². The molecule has 3 fully saturated rings. The van der Waals surface area contributed by atoms with Crippen LogP contribution in [0.1, 0.15) is 64.2 Å². The summed E-state index contributed by atoms with van der Waals surface area (Å²) in [6.07, 6.45) is 6.35. The van der Waals surface area contributed by atoms with Crippen molar-refractivity contribution < 1.29 is 23.5 Å². The molecule has 2 bridgehead atoms. The van der Waals surface area contributed by atoms with Gasteiger partial charge in [-0.2, -0.15) is 0 Å². The number of fused-ring (bicyclic) bond motifs is 2. The molecule has 1 saturated heterocycles. The Hall–Kier alpha value is -2.62. The normalized spacial score (nSPS) is 24.0. The molecule has 206 valence electrons. The molecule has 38 heavy (non-hydrogen) atoms. The number of hydrogen-bond acceptors (Lipinski definition) is 7. The highest BCUT2D eigenvalue weighted by molar-refractivity contribution is 7.99. The van der Waals surface area contributed by atoms with Gasteiger partial charge in [-0.15, -0.1) is 10.2 Å². The molecule has 3 aliphatic rings. The molecule has 2 aromatic rings. The molecule has 10 heteroatoms. The lowest BCUT2D eigenvalue weighted by Gasteiger charge is -2.31. The zero-order valence-electron chi connectivity index (χ0n) is 22.2. The van der Waals surface area contributed by atoms with Gasteiger partial charge < -0.3 is 14.4 Å². The van der Waals surface area contributed by atoms with Crippen LogP contribution in [0.2, 0.25) is 0 Å². The average molecular weight is 545 g/mol. The van der Waals surface area contributed by atoms with E-state index in [9.17, 15) is 14.0 Å². The number of amides is 1. The number of para-hydroxylation sites is 1. The number of piperidine rings is 1. The predicted molar refractivity (Wildman–Crippen MR) is 141 cm³/mol. The largest absolute Gasteiger partial charge is 0.483 e. The molecule has 1 aromatic heterocycles. The van der Waals surface area contributed by atoms with Crippen molar-refractivity contribution in [1.29, 1.82) is 0 Å². The number of thioether (sulfide) groups is 1. The monoisotopic (exact) mass is 544 g/mol. The van der Waals surface area contributed by atoms with Crippen LogP contribution in [-0.2, 0) is 20.9 Å². The lowest BCUT2D eigenvalue weighted by Crippen LogP contribution is -2.41. The van der Waals surface area contributed by atoms with Crippen molar-refractivity contribution in [3.05, 3.63) is 35.9 Å². The third-order valence-corrected chi connectivity index (χ3v) is 9.47. The molecule has 0 N–H and O–H groups in total. The Morgan fingerprint density at radius 2 is 1.92 bits per heavy atom. The van der Waals surface area contributed by atoms with Crippen LogP contribution < -0.4 is 4.74 Å². The number of aromatic nitrogens is 3. The van der Waals surface area contributed by atoms with Gasteiger partial charge >= 0.3 is 5.97 Å². The molecular weight excluding hydrogens is 507 g/mol. The van der Waals surface area contributed by atoms with Crippen molar-refractivity contribution in [2.24, 2.45) is 23.7 Å². The molecule has 1 aliphatic heterocycles. The molecule has 4 atom stereocenters. The minimum absolute atomic E-state index is 0.0311. The molecular formula is C28H37FN4O4S. The van der Waals surface area contributed by atoms with Gasteiger partial charge in [-0.3, -0.25) is 14.2 Å². The Kier molecular flexibility index (Phi) is 8.55. The predicted octanol–water partition coefficient (Wildman–Crippen LogP) is 4.89. The first-order chi connectivity index (χ1) is 18.4. The average Bonchev–Trinajstić information content (AvgIpc) is 3.67. The summed E-state index contributed by atoms with van der Waals surface area (Å²) in [6.45, 7) is 5.62. The maximum absolute atomic E-state index is 14.2. The fraction of sp³-hybridized carbons (Fsp3) is 0.643. The Labute approximate surface area is 227 Å². The van der Waals surface area contributed by atoms with Crippen molar-refractivity contribution >= 4 is 23.6 Å². The van der Waals surface area contributed by atoms with E-state index >= 15 is 0 Å². The van der Waals surface area contributed by atoms with E-state index < -0.39 is 5.82 Å². The highest BCUT2D eigenvalue weighted by Gasteiger charge is 2.43. The highest BCUT2D eigenvalue weighted by atomic mass is 32.2. The molecule has 2 aliphatic carbocycles. The standard InChI is InChI=1S/C28H37FN4O4S/c1-3-36-27(35)20-10-12-32(13-11-20)26(34)17-38-28-31-30-25(16-37-24-7-5-4-6-23(24)29)33(28)18(2)22-15-19-8-9-21(22)14-19/h4-7,18-22H,3,8-17H2,1-2H3/t18-,19-,21-,22+/m1/s1. The van der Waals surface area contributed by atoms with Crippen LogP contribution >= 0.6 is 11.8 Å². The summed E-state index contributed by atoms with van der Waals surface area (Å²) in [7, 11) is 0. The van der Waals surface area contributed by atoms with Crippen molar-refractivity contribution in [3.63, 3.8) is 0 Å². The van der Waals surface area contributed by atoms with Gasteiger partial charge in [-0.25, -0.2) is 4.39 Å². The lowest BCUT2D eigenvalue weighted by molar-refractivity contribution is -0.151. The zero-order chi connectivity index (χ0) is 26.6. The third kappa shape index (κ3) is 5.84. The second-order valence-corrected chi connectivity index (χ2v) is 11.7. The van der Waals surface area contributed by atoms with Crippen LogP contribution in [0.5, 0.6) is 5.75 Å². The maximum atomic E-state index is 14.2. The number of carbonyl (C=O) groups is 2. The maximum Gasteiger partial charge on any atom is 0.309 e. The van der Waals surface area contributed by atoms with Crippen LogP contribution in [-0.4, -0.2) is 57.0 Å². The summed E-state index contributed by atoms with van der Waals surface area (Å²) in [5.41, 5.74) is 0. The molecule has 0 unspecified atom stereocenters. The smallest absolute Gasteiger partial charge is 0.309 e. The SMILES string of the molecule is CCOC(=O)C1CCN(C(=O)CSc2nnc(COc3ccccc3F)n2[C@H](C)[C@@H]2C[C@@H]3CC[C@@H]2C3)CC1. The van der Waals surface area contributed by atoms with Crippen LogP contribution in [0.15, 0.2) is 29.4 Å². The number of benzene rings is 1. The summed E-state index contributed by atoms with van der Waals surface area (Å²) < 4.78 is 27.2. The first kappa shape index (κ1) is 27.0. The van der Waals surface area contributed by atoms with Gasteiger partial charge in [0.05, 0.1) is 18.3 Å². The lowest BCUT2D eigenvalue weighted by atomic mass is 9.84. The number of esters is 1.